The molecule has 0 unspecified atom stereocenters. The van der Waals surface area contributed by atoms with Gasteiger partial charge in [0.15, 0.2) is 0 Å². The van der Waals surface area contributed by atoms with E-state index in [1.165, 1.54) is 12.1 Å². The van der Waals surface area contributed by atoms with Crippen LogP contribution >= 0.6 is 0 Å². The Balaban J connectivity index is 2.94. The molecule has 1 aromatic carbocycles. The van der Waals surface area contributed by atoms with E-state index >= 15 is 0 Å². The minimum absolute atomic E-state index is 0.00283. The minimum atomic E-state index is -4.50. The standard InChI is InChI=1S/C14H19F3N2O2/c1-9(2)21-11-5-4-10(7-19-13(20)8-18-3)12(6-11)14(15,16)17/h4-6,9,18H,7-8H2,1-3H3,(H,19,20). The van der Waals surface area contributed by atoms with Crippen molar-refractivity contribution in [2.45, 2.75) is 32.7 Å². The molecule has 0 saturated carbocycles. The first kappa shape index (κ1) is 17.3. The highest BCUT2D eigenvalue weighted by molar-refractivity contribution is 5.77. The van der Waals surface area contributed by atoms with Crippen molar-refractivity contribution in [2.75, 3.05) is 13.6 Å². The van der Waals surface area contributed by atoms with Crippen molar-refractivity contribution in [3.8, 4) is 5.75 Å². The lowest BCUT2D eigenvalue weighted by atomic mass is 10.1. The first-order chi connectivity index (χ1) is 9.74. The maximum Gasteiger partial charge on any atom is 0.416 e. The fraction of sp³-hybridized carbons (Fsp3) is 0.500. The first-order valence-corrected chi connectivity index (χ1v) is 6.52. The van der Waals surface area contributed by atoms with Crippen molar-refractivity contribution in [1.29, 1.82) is 0 Å². The van der Waals surface area contributed by atoms with E-state index in [1.54, 1.807) is 20.9 Å². The fourth-order valence-electron chi connectivity index (χ4n) is 1.74. The molecule has 0 heterocycles. The van der Waals surface area contributed by atoms with Crippen LogP contribution < -0.4 is 15.4 Å². The summed E-state index contributed by atoms with van der Waals surface area (Å²) in [4.78, 5) is 11.3. The highest BCUT2D eigenvalue weighted by Gasteiger charge is 2.33. The molecule has 1 amide bonds. The SMILES string of the molecule is CNCC(=O)NCc1ccc(OC(C)C)cc1C(F)(F)F. The summed E-state index contributed by atoms with van der Waals surface area (Å²) in [6.07, 6.45) is -4.72. The number of ether oxygens (including phenoxy) is 1. The Morgan fingerprint density at radius 2 is 2.00 bits per heavy atom. The number of likely N-dealkylation sites (N-methyl/N-ethyl adjacent to an activating group) is 1. The number of carbonyl (C=O) groups excluding carboxylic acids is 1. The van der Waals surface area contributed by atoms with Crippen LogP contribution in [0.3, 0.4) is 0 Å². The van der Waals surface area contributed by atoms with Crippen LogP contribution in [0.4, 0.5) is 13.2 Å². The van der Waals surface area contributed by atoms with Gasteiger partial charge in [-0.05, 0) is 38.6 Å². The van der Waals surface area contributed by atoms with E-state index in [0.717, 1.165) is 6.07 Å². The predicted molar refractivity (Wildman–Crippen MR) is 73.0 cm³/mol. The third-order valence-corrected chi connectivity index (χ3v) is 2.57. The van der Waals surface area contributed by atoms with Gasteiger partial charge in [0.05, 0.1) is 18.2 Å². The van der Waals surface area contributed by atoms with Crippen molar-refractivity contribution in [3.05, 3.63) is 29.3 Å². The van der Waals surface area contributed by atoms with Gasteiger partial charge < -0.3 is 15.4 Å². The molecule has 0 radical (unpaired) electrons. The second-order valence-corrected chi connectivity index (χ2v) is 4.79. The summed E-state index contributed by atoms with van der Waals surface area (Å²) in [5.41, 5.74) is -0.798. The number of benzene rings is 1. The number of hydrogen-bond donors (Lipinski definition) is 2. The molecule has 0 fully saturated rings. The second kappa shape index (κ2) is 7.31. The summed E-state index contributed by atoms with van der Waals surface area (Å²) in [7, 11) is 1.58. The van der Waals surface area contributed by atoms with E-state index in [9.17, 15) is 18.0 Å². The van der Waals surface area contributed by atoms with Gasteiger partial charge in [-0.15, -0.1) is 0 Å². The molecular weight excluding hydrogens is 285 g/mol. The Bertz CT molecular complexity index is 488. The Hall–Kier alpha value is -1.76. The Kier molecular flexibility index (Phi) is 6.02. The zero-order chi connectivity index (χ0) is 16.0. The Morgan fingerprint density at radius 1 is 1.33 bits per heavy atom. The molecular formula is C14H19F3N2O2. The molecule has 4 nitrogen and oxygen atoms in total. The number of carbonyl (C=O) groups is 1. The molecule has 0 aliphatic carbocycles. The van der Waals surface area contributed by atoms with Gasteiger partial charge in [0.1, 0.15) is 5.75 Å². The third kappa shape index (κ3) is 5.63. The lowest BCUT2D eigenvalue weighted by molar-refractivity contribution is -0.138. The largest absolute Gasteiger partial charge is 0.491 e. The summed E-state index contributed by atoms with van der Waals surface area (Å²) in [5.74, 6) is -0.212. The topological polar surface area (TPSA) is 50.4 Å². The number of amides is 1. The Labute approximate surface area is 121 Å². The summed E-state index contributed by atoms with van der Waals surface area (Å²) >= 11 is 0. The highest BCUT2D eigenvalue weighted by Crippen LogP contribution is 2.34. The highest BCUT2D eigenvalue weighted by atomic mass is 19.4. The molecule has 2 N–H and O–H groups in total. The predicted octanol–water partition coefficient (Wildman–Crippen LogP) is 2.33. The molecule has 21 heavy (non-hydrogen) atoms. The van der Waals surface area contributed by atoms with Gasteiger partial charge in [-0.1, -0.05) is 6.07 Å². The van der Waals surface area contributed by atoms with Crippen LogP contribution in [0.15, 0.2) is 18.2 Å². The fourth-order valence-corrected chi connectivity index (χ4v) is 1.74. The van der Waals surface area contributed by atoms with Gasteiger partial charge in [-0.2, -0.15) is 13.2 Å². The smallest absolute Gasteiger partial charge is 0.416 e. The molecule has 0 aliphatic rings. The molecule has 0 saturated heterocycles. The molecule has 7 heteroatoms. The summed E-state index contributed by atoms with van der Waals surface area (Å²) < 4.78 is 44.4. The molecule has 1 aromatic rings. The van der Waals surface area contributed by atoms with Gasteiger partial charge in [-0.25, -0.2) is 0 Å². The maximum atomic E-state index is 13.1. The molecule has 0 bridgehead atoms. The van der Waals surface area contributed by atoms with E-state index < -0.39 is 11.7 Å². The van der Waals surface area contributed by atoms with Gasteiger partial charge in [0, 0.05) is 6.54 Å². The summed E-state index contributed by atoms with van der Waals surface area (Å²) in [5, 5.41) is 5.06. The van der Waals surface area contributed by atoms with Crippen LogP contribution in [-0.4, -0.2) is 25.6 Å². The summed E-state index contributed by atoms with van der Waals surface area (Å²) in [6, 6.07) is 3.74. The average molecular weight is 304 g/mol. The van der Waals surface area contributed by atoms with Crippen molar-refractivity contribution < 1.29 is 22.7 Å². The maximum absolute atomic E-state index is 13.1. The van der Waals surface area contributed by atoms with E-state index in [1.807, 2.05) is 0 Å². The van der Waals surface area contributed by atoms with Crippen molar-refractivity contribution in [3.63, 3.8) is 0 Å². The zero-order valence-corrected chi connectivity index (χ0v) is 12.2. The van der Waals surface area contributed by atoms with Gasteiger partial charge >= 0.3 is 6.18 Å². The summed E-state index contributed by atoms with van der Waals surface area (Å²) in [6.45, 7) is 3.34. The monoisotopic (exact) mass is 304 g/mol. The van der Waals surface area contributed by atoms with E-state index in [2.05, 4.69) is 10.6 Å². The van der Waals surface area contributed by atoms with Crippen LogP contribution in [0, 0.1) is 0 Å². The average Bonchev–Trinajstić information content (AvgIpc) is 2.35. The quantitative estimate of drug-likeness (QED) is 0.848. The van der Waals surface area contributed by atoms with Crippen LogP contribution in [0.1, 0.15) is 25.0 Å². The van der Waals surface area contributed by atoms with Crippen molar-refractivity contribution in [2.24, 2.45) is 0 Å². The van der Waals surface area contributed by atoms with E-state index in [-0.39, 0.29) is 36.4 Å². The van der Waals surface area contributed by atoms with Crippen LogP contribution in [0.25, 0.3) is 0 Å². The van der Waals surface area contributed by atoms with Crippen LogP contribution in [-0.2, 0) is 17.5 Å². The van der Waals surface area contributed by atoms with Crippen LogP contribution in [0.5, 0.6) is 5.75 Å². The molecule has 1 rings (SSSR count). The number of alkyl halides is 3. The molecule has 0 aliphatic heterocycles. The zero-order valence-electron chi connectivity index (χ0n) is 12.2. The number of rotatable bonds is 6. The number of nitrogens with one attached hydrogen (secondary N) is 2. The van der Waals surface area contributed by atoms with Crippen molar-refractivity contribution in [1.82, 2.24) is 10.6 Å². The molecule has 0 spiro atoms. The first-order valence-electron chi connectivity index (χ1n) is 6.52. The van der Waals surface area contributed by atoms with Gasteiger partial charge in [-0.3, -0.25) is 4.79 Å². The van der Waals surface area contributed by atoms with Crippen LogP contribution in [0.2, 0.25) is 0 Å². The lowest BCUT2D eigenvalue weighted by Gasteiger charge is -2.16. The third-order valence-electron chi connectivity index (χ3n) is 2.57. The number of hydrogen-bond acceptors (Lipinski definition) is 3. The lowest BCUT2D eigenvalue weighted by Crippen LogP contribution is -2.32. The van der Waals surface area contributed by atoms with Crippen molar-refractivity contribution >= 4 is 5.91 Å². The van der Waals surface area contributed by atoms with Gasteiger partial charge in [0.2, 0.25) is 5.91 Å². The molecule has 0 atom stereocenters. The normalized spacial score (nSPS) is 11.6. The minimum Gasteiger partial charge on any atom is -0.491 e. The second-order valence-electron chi connectivity index (χ2n) is 4.79. The van der Waals surface area contributed by atoms with E-state index in [4.69, 9.17) is 4.74 Å². The van der Waals surface area contributed by atoms with Gasteiger partial charge in [0.25, 0.3) is 0 Å². The Morgan fingerprint density at radius 3 is 2.52 bits per heavy atom. The number of halogens is 3. The molecule has 0 aromatic heterocycles. The molecule has 118 valence electrons. The van der Waals surface area contributed by atoms with E-state index in [0.29, 0.717) is 0 Å².